The molecule has 0 N–H and O–H groups in total. The van der Waals surface area contributed by atoms with E-state index >= 15 is 0 Å². The Morgan fingerprint density at radius 1 is 0.500 bits per heavy atom. The van der Waals surface area contributed by atoms with Crippen LogP contribution in [-0.4, -0.2) is 0 Å². The van der Waals surface area contributed by atoms with Gasteiger partial charge in [-0.25, -0.2) is 0 Å². The zero-order valence-electron chi connectivity index (χ0n) is 28.0. The molecule has 0 spiro atoms. The molecule has 0 heterocycles. The van der Waals surface area contributed by atoms with E-state index in [2.05, 4.69) is 169 Å². The maximum atomic E-state index is 4.53. The molecule has 0 bridgehead atoms. The second-order valence-corrected chi connectivity index (χ2v) is 15.7. The molecule has 0 aromatic rings. The minimum atomic E-state index is 0.0716. The van der Waals surface area contributed by atoms with E-state index in [1.807, 2.05) is 46.8 Å². The zero-order chi connectivity index (χ0) is 32.1. The molecular formula is C34H60Cl2Rh2. The van der Waals surface area contributed by atoms with Gasteiger partial charge >= 0.3 is 54.0 Å². The van der Waals surface area contributed by atoms with Crippen LogP contribution in [0, 0.1) is 56.5 Å². The third-order valence-corrected chi connectivity index (χ3v) is 5.06. The molecule has 0 rings (SSSR count). The number of allylic oxidation sites excluding steroid dienone is 6. The van der Waals surface area contributed by atoms with Crippen molar-refractivity contribution in [2.24, 2.45) is 32.5 Å². The van der Waals surface area contributed by atoms with Gasteiger partial charge < -0.3 is 12.2 Å². The SMILES string of the molecule is C=C[C-](C(=[C-]C(C)(C)C)C(C)(C)C)C(C)(C)C.C=C[C-](C(=[C-]C(C)(C)C)C(C)(C)C)C(C)(C)C.[Cl][Rh+2].[Cl][Rh+2]. The summed E-state index contributed by atoms with van der Waals surface area (Å²) in [6.45, 7) is 48.1. The monoisotopic (exact) mass is 744 g/mol. The Morgan fingerprint density at radius 2 is 0.684 bits per heavy atom. The molecule has 0 aromatic carbocycles. The average molecular weight is 746 g/mol. The fourth-order valence-corrected chi connectivity index (χ4v) is 3.63. The van der Waals surface area contributed by atoms with Gasteiger partial charge in [-0.2, -0.15) is 0 Å². The van der Waals surface area contributed by atoms with Crippen molar-refractivity contribution in [2.45, 2.75) is 125 Å². The number of hydrogen-bond donors (Lipinski definition) is 0. The molecule has 0 aliphatic rings. The van der Waals surface area contributed by atoms with E-state index in [1.165, 1.54) is 23.0 Å². The Hall–Kier alpha value is 0.527. The zero-order valence-corrected chi connectivity index (χ0v) is 32.8. The Morgan fingerprint density at radius 3 is 0.763 bits per heavy atom. The summed E-state index contributed by atoms with van der Waals surface area (Å²) in [5.41, 5.74) is 3.17. The van der Waals surface area contributed by atoms with Gasteiger partial charge in [0.25, 0.3) is 0 Å². The van der Waals surface area contributed by atoms with Gasteiger partial charge in [0, 0.05) is 0 Å². The summed E-state index contributed by atoms with van der Waals surface area (Å²) < 4.78 is 0. The van der Waals surface area contributed by atoms with Gasteiger partial charge in [0.05, 0.1) is 0 Å². The van der Waals surface area contributed by atoms with Crippen molar-refractivity contribution in [1.29, 1.82) is 0 Å². The Kier molecular flexibility index (Phi) is 21.7. The maximum absolute atomic E-state index is 4.53. The van der Waals surface area contributed by atoms with Crippen molar-refractivity contribution in [3.05, 3.63) is 60.4 Å². The Balaban J connectivity index is -0.000000268. The molecule has 0 atom stereocenters. The van der Waals surface area contributed by atoms with Crippen LogP contribution in [-0.2, 0) is 34.6 Å². The second-order valence-electron chi connectivity index (χ2n) is 15.7. The summed E-state index contributed by atoms with van der Waals surface area (Å²) in [5, 5.41) is 0. The van der Waals surface area contributed by atoms with E-state index in [9.17, 15) is 0 Å². The summed E-state index contributed by atoms with van der Waals surface area (Å²) >= 11 is 4.04. The fraction of sp³-hybridized carbons (Fsp3) is 0.706. The molecular weight excluding hydrogens is 685 g/mol. The first-order valence-electron chi connectivity index (χ1n) is 13.1. The molecule has 0 amide bonds. The van der Waals surface area contributed by atoms with Gasteiger partial charge in [0.2, 0.25) is 0 Å². The predicted octanol–water partition coefficient (Wildman–Crippen LogP) is 12.6. The summed E-state index contributed by atoms with van der Waals surface area (Å²) in [6.07, 6.45) is 11.3. The molecule has 0 aromatic heterocycles. The molecule has 228 valence electrons. The van der Waals surface area contributed by atoms with E-state index in [0.717, 1.165) is 0 Å². The Labute approximate surface area is 269 Å². The van der Waals surface area contributed by atoms with Gasteiger partial charge in [-0.15, -0.1) is 21.7 Å². The van der Waals surface area contributed by atoms with Crippen molar-refractivity contribution in [3.63, 3.8) is 0 Å². The molecule has 0 aliphatic heterocycles. The van der Waals surface area contributed by atoms with Crippen LogP contribution in [0.4, 0.5) is 0 Å². The first kappa shape index (κ1) is 45.5. The number of halogens is 2. The van der Waals surface area contributed by atoms with E-state index in [0.29, 0.717) is 0 Å². The van der Waals surface area contributed by atoms with Crippen LogP contribution in [0.5, 0.6) is 0 Å². The van der Waals surface area contributed by atoms with Crippen molar-refractivity contribution in [1.82, 2.24) is 0 Å². The van der Waals surface area contributed by atoms with Gasteiger partial charge in [0.1, 0.15) is 0 Å². The normalized spacial score (nSPS) is 13.5. The predicted molar refractivity (Wildman–Crippen MR) is 169 cm³/mol. The molecule has 0 radical (unpaired) electrons. The van der Waals surface area contributed by atoms with Crippen LogP contribution in [0.2, 0.25) is 0 Å². The fourth-order valence-electron chi connectivity index (χ4n) is 3.63. The van der Waals surface area contributed by atoms with Crippen LogP contribution in [0.3, 0.4) is 0 Å². The first-order valence-corrected chi connectivity index (χ1v) is 17.4. The third kappa shape index (κ3) is 21.3. The van der Waals surface area contributed by atoms with Crippen LogP contribution >= 0.6 is 19.4 Å². The van der Waals surface area contributed by atoms with E-state index in [4.69, 9.17) is 0 Å². The summed E-state index contributed by atoms with van der Waals surface area (Å²) in [4.78, 5) is 0. The molecule has 38 heavy (non-hydrogen) atoms. The van der Waals surface area contributed by atoms with E-state index < -0.39 is 0 Å². The molecule has 0 aliphatic carbocycles. The van der Waals surface area contributed by atoms with Crippen molar-refractivity contribution >= 4 is 19.4 Å². The van der Waals surface area contributed by atoms with E-state index in [1.54, 1.807) is 0 Å². The average Bonchev–Trinajstić information content (AvgIpc) is 2.66. The quantitative estimate of drug-likeness (QED) is 0.199. The van der Waals surface area contributed by atoms with Crippen LogP contribution in [0.15, 0.2) is 36.5 Å². The minimum absolute atomic E-state index is 0.0716. The molecule has 0 unspecified atom stereocenters. The summed E-state index contributed by atoms with van der Waals surface area (Å²) in [7, 11) is 9.06. The molecule has 0 fully saturated rings. The molecule has 0 saturated heterocycles. The molecule has 0 nitrogen and oxygen atoms in total. The van der Waals surface area contributed by atoms with Crippen molar-refractivity contribution in [3.8, 4) is 0 Å². The topological polar surface area (TPSA) is 0 Å². The van der Waals surface area contributed by atoms with Crippen LogP contribution < -0.4 is 0 Å². The van der Waals surface area contributed by atoms with Gasteiger partial charge in [-0.1, -0.05) is 135 Å². The van der Waals surface area contributed by atoms with Crippen molar-refractivity contribution < 1.29 is 34.6 Å². The van der Waals surface area contributed by atoms with E-state index in [-0.39, 0.29) is 32.5 Å². The van der Waals surface area contributed by atoms with Gasteiger partial charge in [0.15, 0.2) is 0 Å². The van der Waals surface area contributed by atoms with Gasteiger partial charge in [-0.05, 0) is 0 Å². The van der Waals surface area contributed by atoms with Crippen LogP contribution in [0.1, 0.15) is 125 Å². The number of rotatable bonds is 4. The summed E-state index contributed by atoms with van der Waals surface area (Å²) in [5.74, 6) is 2.61. The molecule has 4 heteroatoms. The third-order valence-electron chi connectivity index (χ3n) is 5.06. The van der Waals surface area contributed by atoms with Gasteiger partial charge in [-0.3, -0.25) is 48.3 Å². The second kappa shape index (κ2) is 18.1. The standard InChI is InChI=1S/2C17H30.2ClH.2Rh/c2*1-11-13(16(5,6)7)14(17(8,9)10)12-15(2,3)4;;;;/h2*11H,1H2,2-10H3;2*1H;;/q2*-2;;;2*+3/p-2. The Bertz CT molecular complexity index is 653. The van der Waals surface area contributed by atoms with Crippen LogP contribution in [0.25, 0.3) is 0 Å². The molecule has 0 saturated carbocycles. The summed E-state index contributed by atoms with van der Waals surface area (Å²) in [6, 6.07) is 0. The van der Waals surface area contributed by atoms with Crippen molar-refractivity contribution in [2.75, 3.05) is 0 Å². The number of hydrogen-bond acceptors (Lipinski definition) is 0. The first-order chi connectivity index (χ1) is 16.6.